The van der Waals surface area contributed by atoms with Gasteiger partial charge in [-0.15, -0.1) is 0 Å². The van der Waals surface area contributed by atoms with Crippen LogP contribution in [0.5, 0.6) is 5.75 Å². The summed E-state index contributed by atoms with van der Waals surface area (Å²) in [7, 11) is 1.88. The third-order valence-electron chi connectivity index (χ3n) is 4.72. The Balaban J connectivity index is 2.13. The van der Waals surface area contributed by atoms with Crippen molar-refractivity contribution in [2.24, 2.45) is 11.8 Å². The molecule has 1 aliphatic rings. The molecule has 0 heterocycles. The van der Waals surface area contributed by atoms with E-state index in [1.807, 2.05) is 14.0 Å². The second kappa shape index (κ2) is 6.57. The maximum atomic E-state index is 13.5. The number of rotatable bonds is 4. The van der Waals surface area contributed by atoms with Crippen molar-refractivity contribution in [3.8, 4) is 5.75 Å². The Hall–Kier alpha value is -1.09. The van der Waals surface area contributed by atoms with Crippen LogP contribution in [0.1, 0.15) is 51.6 Å². The van der Waals surface area contributed by atoms with Gasteiger partial charge in [0.2, 0.25) is 0 Å². The summed E-state index contributed by atoms with van der Waals surface area (Å²) in [6.07, 6.45) is 3.65. The molecule has 0 amide bonds. The molecule has 2 nitrogen and oxygen atoms in total. The standard InChI is InChI=1S/C17H26FNO/c1-11-5-7-15(9-12(11)2)20-17-8-6-14(18)10-16(17)13(3)19-4/h6,8,10-13,15,19H,5,7,9H2,1-4H3. The highest BCUT2D eigenvalue weighted by atomic mass is 19.1. The topological polar surface area (TPSA) is 21.3 Å². The number of nitrogens with one attached hydrogen (secondary N) is 1. The zero-order chi connectivity index (χ0) is 14.7. The van der Waals surface area contributed by atoms with Crippen molar-refractivity contribution in [2.75, 3.05) is 7.05 Å². The lowest BCUT2D eigenvalue weighted by Crippen LogP contribution is -2.29. The zero-order valence-electron chi connectivity index (χ0n) is 12.9. The van der Waals surface area contributed by atoms with E-state index >= 15 is 0 Å². The molecule has 0 spiro atoms. The average Bonchev–Trinajstić information content (AvgIpc) is 2.44. The van der Waals surface area contributed by atoms with Crippen LogP contribution < -0.4 is 10.1 Å². The molecule has 0 radical (unpaired) electrons. The van der Waals surface area contributed by atoms with E-state index in [9.17, 15) is 4.39 Å². The Kier molecular flexibility index (Phi) is 5.03. The fourth-order valence-corrected chi connectivity index (χ4v) is 2.91. The van der Waals surface area contributed by atoms with E-state index < -0.39 is 0 Å². The van der Waals surface area contributed by atoms with Gasteiger partial charge in [-0.1, -0.05) is 13.8 Å². The molecule has 112 valence electrons. The quantitative estimate of drug-likeness (QED) is 0.886. The summed E-state index contributed by atoms with van der Waals surface area (Å²) in [6.45, 7) is 6.63. The maximum Gasteiger partial charge on any atom is 0.124 e. The Bertz CT molecular complexity index is 449. The number of hydrogen-bond donors (Lipinski definition) is 1. The second-order valence-electron chi connectivity index (χ2n) is 6.20. The zero-order valence-corrected chi connectivity index (χ0v) is 12.9. The number of benzene rings is 1. The van der Waals surface area contributed by atoms with Crippen LogP contribution >= 0.6 is 0 Å². The summed E-state index contributed by atoms with van der Waals surface area (Å²) in [5, 5.41) is 3.16. The first kappa shape index (κ1) is 15.3. The van der Waals surface area contributed by atoms with Crippen molar-refractivity contribution < 1.29 is 9.13 Å². The molecule has 4 unspecified atom stereocenters. The van der Waals surface area contributed by atoms with Gasteiger partial charge >= 0.3 is 0 Å². The lowest BCUT2D eigenvalue weighted by molar-refractivity contribution is 0.0991. The highest BCUT2D eigenvalue weighted by molar-refractivity contribution is 5.36. The molecule has 1 aliphatic carbocycles. The van der Waals surface area contributed by atoms with Crippen LogP contribution in [-0.4, -0.2) is 13.2 Å². The van der Waals surface area contributed by atoms with Gasteiger partial charge in [0.15, 0.2) is 0 Å². The highest BCUT2D eigenvalue weighted by Crippen LogP contribution is 2.34. The fourth-order valence-electron chi connectivity index (χ4n) is 2.91. The van der Waals surface area contributed by atoms with Crippen molar-refractivity contribution in [3.05, 3.63) is 29.6 Å². The normalized spacial score (nSPS) is 28.1. The molecule has 1 aromatic rings. The summed E-state index contributed by atoms with van der Waals surface area (Å²) in [5.41, 5.74) is 0.902. The van der Waals surface area contributed by atoms with Crippen LogP contribution in [0.2, 0.25) is 0 Å². The van der Waals surface area contributed by atoms with Gasteiger partial charge in [0.05, 0.1) is 6.10 Å². The monoisotopic (exact) mass is 279 g/mol. The van der Waals surface area contributed by atoms with Crippen LogP contribution in [0, 0.1) is 17.7 Å². The van der Waals surface area contributed by atoms with Crippen molar-refractivity contribution in [2.45, 2.75) is 52.2 Å². The van der Waals surface area contributed by atoms with Gasteiger partial charge in [0, 0.05) is 11.6 Å². The molecule has 3 heteroatoms. The molecule has 0 aromatic heterocycles. The molecule has 4 atom stereocenters. The summed E-state index contributed by atoms with van der Waals surface area (Å²) < 4.78 is 19.6. The first-order valence-electron chi connectivity index (χ1n) is 7.64. The van der Waals surface area contributed by atoms with Crippen molar-refractivity contribution in [3.63, 3.8) is 0 Å². The van der Waals surface area contributed by atoms with Crippen LogP contribution in [0.25, 0.3) is 0 Å². The van der Waals surface area contributed by atoms with Gasteiger partial charge in [-0.25, -0.2) is 4.39 Å². The predicted molar refractivity (Wildman–Crippen MR) is 80.5 cm³/mol. The van der Waals surface area contributed by atoms with Crippen molar-refractivity contribution in [1.82, 2.24) is 5.32 Å². The molecule has 1 saturated carbocycles. The van der Waals surface area contributed by atoms with E-state index in [0.717, 1.165) is 30.1 Å². The molecular weight excluding hydrogens is 253 g/mol. The Morgan fingerprint density at radius 2 is 2.00 bits per heavy atom. The lowest BCUT2D eigenvalue weighted by Gasteiger charge is -2.33. The van der Waals surface area contributed by atoms with E-state index in [4.69, 9.17) is 4.74 Å². The molecule has 0 aliphatic heterocycles. The minimum absolute atomic E-state index is 0.0839. The molecule has 0 saturated heterocycles. The molecule has 1 aromatic carbocycles. The van der Waals surface area contributed by atoms with Gasteiger partial charge < -0.3 is 10.1 Å². The van der Waals surface area contributed by atoms with E-state index in [1.165, 1.54) is 12.5 Å². The maximum absolute atomic E-state index is 13.5. The molecule has 20 heavy (non-hydrogen) atoms. The lowest BCUT2D eigenvalue weighted by atomic mass is 9.80. The first-order valence-corrected chi connectivity index (χ1v) is 7.64. The van der Waals surface area contributed by atoms with Gasteiger partial charge in [0.25, 0.3) is 0 Å². The summed E-state index contributed by atoms with van der Waals surface area (Å²) in [4.78, 5) is 0. The van der Waals surface area contributed by atoms with Gasteiger partial charge in [0.1, 0.15) is 11.6 Å². The molecule has 1 N–H and O–H groups in total. The van der Waals surface area contributed by atoms with Gasteiger partial charge in [-0.3, -0.25) is 0 Å². The minimum Gasteiger partial charge on any atom is -0.490 e. The average molecular weight is 279 g/mol. The number of ether oxygens (including phenoxy) is 1. The highest BCUT2D eigenvalue weighted by Gasteiger charge is 2.26. The van der Waals surface area contributed by atoms with E-state index in [0.29, 0.717) is 5.92 Å². The van der Waals surface area contributed by atoms with E-state index in [1.54, 1.807) is 12.1 Å². The largest absolute Gasteiger partial charge is 0.490 e. The smallest absolute Gasteiger partial charge is 0.124 e. The number of hydrogen-bond acceptors (Lipinski definition) is 2. The third-order valence-corrected chi connectivity index (χ3v) is 4.72. The van der Waals surface area contributed by atoms with Crippen LogP contribution in [0.15, 0.2) is 18.2 Å². The third kappa shape index (κ3) is 3.51. The summed E-state index contributed by atoms with van der Waals surface area (Å²) >= 11 is 0. The SMILES string of the molecule is CNC(C)c1cc(F)ccc1OC1CCC(C)C(C)C1. The molecule has 0 bridgehead atoms. The minimum atomic E-state index is -0.208. The molecular formula is C17H26FNO. The van der Waals surface area contributed by atoms with Crippen LogP contribution in [0.3, 0.4) is 0 Å². The summed E-state index contributed by atoms with van der Waals surface area (Å²) in [5.74, 6) is 2.08. The second-order valence-corrected chi connectivity index (χ2v) is 6.20. The first-order chi connectivity index (χ1) is 9.51. The molecule has 2 rings (SSSR count). The van der Waals surface area contributed by atoms with E-state index in [2.05, 4.69) is 19.2 Å². The van der Waals surface area contributed by atoms with Crippen LogP contribution in [0.4, 0.5) is 4.39 Å². The predicted octanol–water partition coefficient (Wildman–Crippen LogP) is 4.31. The van der Waals surface area contributed by atoms with Crippen molar-refractivity contribution in [1.29, 1.82) is 0 Å². The molecule has 1 fully saturated rings. The van der Waals surface area contributed by atoms with Crippen molar-refractivity contribution >= 4 is 0 Å². The number of halogens is 1. The Morgan fingerprint density at radius 3 is 2.65 bits per heavy atom. The van der Waals surface area contributed by atoms with Gasteiger partial charge in [-0.2, -0.15) is 0 Å². The Morgan fingerprint density at radius 1 is 1.25 bits per heavy atom. The van der Waals surface area contributed by atoms with Crippen LogP contribution in [-0.2, 0) is 0 Å². The van der Waals surface area contributed by atoms with Gasteiger partial charge in [-0.05, 0) is 63.3 Å². The fraction of sp³-hybridized carbons (Fsp3) is 0.647. The summed E-state index contributed by atoms with van der Waals surface area (Å²) in [6, 6.07) is 4.91. The van der Waals surface area contributed by atoms with E-state index in [-0.39, 0.29) is 18.0 Å². The Labute approximate surface area is 121 Å².